The fourth-order valence-corrected chi connectivity index (χ4v) is 7.95. The van der Waals surface area contributed by atoms with Crippen molar-refractivity contribution in [3.8, 4) is 5.69 Å². The summed E-state index contributed by atoms with van der Waals surface area (Å²) in [5, 5.41) is 5.44. The Kier molecular flexibility index (Phi) is 7.57. The predicted molar refractivity (Wildman–Crippen MR) is 162 cm³/mol. The van der Waals surface area contributed by atoms with E-state index in [0.29, 0.717) is 16.7 Å². The van der Waals surface area contributed by atoms with E-state index in [0.717, 1.165) is 68.2 Å². The van der Waals surface area contributed by atoms with Crippen LogP contribution in [0.3, 0.4) is 0 Å². The maximum Gasteiger partial charge on any atom is 0.267 e. The van der Waals surface area contributed by atoms with Crippen molar-refractivity contribution < 1.29 is 4.79 Å². The van der Waals surface area contributed by atoms with Crippen LogP contribution in [-0.2, 0) is 24.1 Å². The van der Waals surface area contributed by atoms with Crippen molar-refractivity contribution in [2.24, 2.45) is 0 Å². The van der Waals surface area contributed by atoms with E-state index in [2.05, 4.69) is 16.4 Å². The van der Waals surface area contributed by atoms with E-state index in [1.807, 2.05) is 49.4 Å². The molecule has 0 aliphatic heterocycles. The van der Waals surface area contributed by atoms with Crippen molar-refractivity contribution >= 4 is 67.3 Å². The number of aryl methyl sites for hydroxylation is 3. The van der Waals surface area contributed by atoms with Crippen LogP contribution in [0.4, 0.5) is 5.13 Å². The van der Waals surface area contributed by atoms with Gasteiger partial charge in [0.15, 0.2) is 10.3 Å². The number of hydrogen-bond donors (Lipinski definition) is 1. The lowest BCUT2D eigenvalue weighted by Crippen LogP contribution is -2.23. The van der Waals surface area contributed by atoms with Crippen LogP contribution in [0.1, 0.15) is 39.3 Å². The van der Waals surface area contributed by atoms with Crippen molar-refractivity contribution in [1.82, 2.24) is 14.5 Å². The number of carbonyl (C=O) groups is 1. The lowest BCUT2D eigenvalue weighted by Gasteiger charge is -2.13. The molecule has 3 aromatic heterocycles. The molecule has 0 saturated heterocycles. The second kappa shape index (κ2) is 11.3. The average Bonchev–Trinajstić information content (AvgIpc) is 3.54. The Morgan fingerprint density at radius 3 is 2.77 bits per heavy atom. The first-order valence-corrected chi connectivity index (χ1v) is 15.7. The minimum absolute atomic E-state index is 0.0608. The molecule has 1 aliphatic carbocycles. The SMILES string of the molecule is Cc1ccc(Cc2cnc(NC(=O)CSc3nc4sc5c(c4c(=O)n3-c3ccccc3)CCCC5)s2)cc1Cl. The Hall–Kier alpha value is -2.98. The van der Waals surface area contributed by atoms with Gasteiger partial charge in [0.2, 0.25) is 5.91 Å². The molecule has 39 heavy (non-hydrogen) atoms. The van der Waals surface area contributed by atoms with Crippen LogP contribution in [-0.4, -0.2) is 26.2 Å². The largest absolute Gasteiger partial charge is 0.301 e. The Labute approximate surface area is 243 Å². The molecule has 6 rings (SSSR count). The minimum atomic E-state index is -0.196. The number of thiazole rings is 1. The van der Waals surface area contributed by atoms with Gasteiger partial charge in [0.05, 0.1) is 16.8 Å². The van der Waals surface area contributed by atoms with Gasteiger partial charge in [-0.1, -0.05) is 53.7 Å². The highest BCUT2D eigenvalue weighted by Gasteiger charge is 2.23. The van der Waals surface area contributed by atoms with E-state index in [9.17, 15) is 9.59 Å². The summed E-state index contributed by atoms with van der Waals surface area (Å²) in [5.41, 5.74) is 3.98. The summed E-state index contributed by atoms with van der Waals surface area (Å²) in [6.07, 6.45) is 6.63. The Morgan fingerprint density at radius 2 is 1.95 bits per heavy atom. The molecule has 0 saturated carbocycles. The van der Waals surface area contributed by atoms with Crippen LogP contribution in [0.25, 0.3) is 15.9 Å². The second-order valence-electron chi connectivity index (χ2n) is 9.49. The lowest BCUT2D eigenvalue weighted by atomic mass is 9.97. The number of para-hydroxylation sites is 1. The van der Waals surface area contributed by atoms with Crippen LogP contribution in [0.2, 0.25) is 5.02 Å². The number of nitrogens with one attached hydrogen (secondary N) is 1. The fraction of sp³-hybridized carbons (Fsp3) is 0.241. The zero-order valence-electron chi connectivity index (χ0n) is 21.2. The number of anilines is 1. The number of rotatable bonds is 7. The molecule has 0 spiro atoms. The number of aromatic nitrogens is 3. The van der Waals surface area contributed by atoms with Gasteiger partial charge in [0.25, 0.3) is 5.56 Å². The number of nitrogens with zero attached hydrogens (tertiary/aromatic N) is 3. The smallest absolute Gasteiger partial charge is 0.267 e. The normalized spacial score (nSPS) is 13.0. The summed E-state index contributed by atoms with van der Waals surface area (Å²) in [6, 6.07) is 15.5. The van der Waals surface area contributed by atoms with Crippen molar-refractivity contribution in [1.29, 1.82) is 0 Å². The Bertz CT molecular complexity index is 1740. The first kappa shape index (κ1) is 26.3. The molecule has 0 radical (unpaired) electrons. The Morgan fingerprint density at radius 1 is 1.13 bits per heavy atom. The third kappa shape index (κ3) is 5.54. The van der Waals surface area contributed by atoms with E-state index in [1.165, 1.54) is 28.0 Å². The van der Waals surface area contributed by atoms with E-state index >= 15 is 0 Å². The molecule has 0 unspecified atom stereocenters. The van der Waals surface area contributed by atoms with E-state index in [4.69, 9.17) is 16.6 Å². The average molecular weight is 593 g/mol. The number of fused-ring (bicyclic) bond motifs is 3. The molecule has 10 heteroatoms. The van der Waals surface area contributed by atoms with Gasteiger partial charge >= 0.3 is 0 Å². The number of hydrogen-bond acceptors (Lipinski definition) is 7. The van der Waals surface area contributed by atoms with Crippen LogP contribution in [0.15, 0.2) is 64.7 Å². The van der Waals surface area contributed by atoms with Crippen molar-refractivity contribution in [3.05, 3.63) is 96.5 Å². The van der Waals surface area contributed by atoms with Gasteiger partial charge in [-0.25, -0.2) is 9.97 Å². The molecule has 3 heterocycles. The molecule has 1 aliphatic rings. The molecular weight excluding hydrogens is 568 g/mol. The quantitative estimate of drug-likeness (QED) is 0.162. The summed E-state index contributed by atoms with van der Waals surface area (Å²) >= 11 is 10.6. The maximum atomic E-state index is 13.8. The van der Waals surface area contributed by atoms with Crippen molar-refractivity contribution in [2.45, 2.75) is 44.2 Å². The van der Waals surface area contributed by atoms with Crippen LogP contribution in [0, 0.1) is 6.92 Å². The number of thiophene rings is 1. The lowest BCUT2D eigenvalue weighted by molar-refractivity contribution is -0.113. The molecular formula is C29H25ClN4O2S3. The highest BCUT2D eigenvalue weighted by Crippen LogP contribution is 2.35. The topological polar surface area (TPSA) is 76.9 Å². The number of amides is 1. The molecule has 1 N–H and O–H groups in total. The van der Waals surface area contributed by atoms with Crippen molar-refractivity contribution in [2.75, 3.05) is 11.1 Å². The maximum absolute atomic E-state index is 13.8. The molecule has 5 aromatic rings. The zero-order valence-corrected chi connectivity index (χ0v) is 24.4. The fourth-order valence-electron chi connectivity index (χ4n) is 4.77. The van der Waals surface area contributed by atoms with E-state index in [-0.39, 0.29) is 17.2 Å². The Balaban J connectivity index is 1.21. The first-order chi connectivity index (χ1) is 19.0. The number of halogens is 1. The zero-order chi connectivity index (χ0) is 26.9. The third-order valence-electron chi connectivity index (χ3n) is 6.72. The molecule has 198 valence electrons. The molecule has 6 nitrogen and oxygen atoms in total. The number of thioether (sulfide) groups is 1. The summed E-state index contributed by atoms with van der Waals surface area (Å²) in [5.74, 6) is -0.0862. The molecule has 0 bridgehead atoms. The van der Waals surface area contributed by atoms with Crippen molar-refractivity contribution in [3.63, 3.8) is 0 Å². The highest BCUT2D eigenvalue weighted by molar-refractivity contribution is 7.99. The highest BCUT2D eigenvalue weighted by atomic mass is 35.5. The summed E-state index contributed by atoms with van der Waals surface area (Å²) < 4.78 is 1.65. The van der Waals surface area contributed by atoms with Gasteiger partial charge in [-0.05, 0) is 67.5 Å². The van der Waals surface area contributed by atoms with E-state index < -0.39 is 0 Å². The standard InChI is InChI=1S/C29H25ClN4O2S3/c1-17-11-12-18(14-22(17)30)13-20-15-31-28(38-20)32-24(35)16-37-29-33-26-25(21-9-5-6-10-23(21)39-26)27(36)34(29)19-7-3-2-4-8-19/h2-4,7-8,11-12,14-15H,5-6,9-10,13,16H2,1H3,(H,31,32,35). The number of benzene rings is 2. The van der Waals surface area contributed by atoms with Gasteiger partial charge in [-0.3, -0.25) is 14.2 Å². The van der Waals surface area contributed by atoms with Gasteiger partial charge in [0.1, 0.15) is 4.83 Å². The molecule has 2 aromatic carbocycles. The van der Waals surface area contributed by atoms with E-state index in [1.54, 1.807) is 22.1 Å². The minimum Gasteiger partial charge on any atom is -0.301 e. The van der Waals surface area contributed by atoms with Gasteiger partial charge < -0.3 is 5.32 Å². The van der Waals surface area contributed by atoms with Crippen LogP contribution in [0.5, 0.6) is 0 Å². The van der Waals surface area contributed by atoms with Gasteiger partial charge in [-0.15, -0.1) is 22.7 Å². The molecule has 1 amide bonds. The van der Waals surface area contributed by atoms with Gasteiger partial charge in [-0.2, -0.15) is 0 Å². The van der Waals surface area contributed by atoms with Gasteiger partial charge in [0, 0.05) is 27.4 Å². The molecule has 0 atom stereocenters. The van der Waals surface area contributed by atoms with Crippen LogP contribution < -0.4 is 10.9 Å². The monoisotopic (exact) mass is 592 g/mol. The first-order valence-electron chi connectivity index (χ1n) is 12.7. The second-order valence-corrected chi connectivity index (χ2v) is 13.0. The molecule has 0 fully saturated rings. The predicted octanol–water partition coefficient (Wildman–Crippen LogP) is 7.07. The summed E-state index contributed by atoms with van der Waals surface area (Å²) in [6.45, 7) is 1.98. The number of carbonyl (C=O) groups excluding carboxylic acids is 1. The summed E-state index contributed by atoms with van der Waals surface area (Å²) in [4.78, 5) is 39.1. The third-order valence-corrected chi connectivity index (χ3v) is 10.2. The van der Waals surface area contributed by atoms with Crippen LogP contribution >= 0.6 is 46.0 Å². The summed E-state index contributed by atoms with van der Waals surface area (Å²) in [7, 11) is 0.